The van der Waals surface area contributed by atoms with Crippen molar-refractivity contribution in [1.29, 1.82) is 0 Å². The van der Waals surface area contributed by atoms with Crippen LogP contribution < -0.4 is 0 Å². The van der Waals surface area contributed by atoms with Crippen molar-refractivity contribution in [3.63, 3.8) is 0 Å². The van der Waals surface area contributed by atoms with Gasteiger partial charge in [0.05, 0.1) is 18.2 Å². The molecule has 8 nitrogen and oxygen atoms in total. The molecular formula is C14H18N4O4S. The van der Waals surface area contributed by atoms with Gasteiger partial charge in [-0.25, -0.2) is 14.6 Å². The maximum absolute atomic E-state index is 10.1. The number of rotatable bonds is 5. The summed E-state index contributed by atoms with van der Waals surface area (Å²) in [5.41, 5.74) is 0.512. The minimum atomic E-state index is -1.19. The van der Waals surface area contributed by atoms with Crippen LogP contribution in [-0.2, 0) is 4.74 Å². The van der Waals surface area contributed by atoms with Gasteiger partial charge in [0.2, 0.25) is 0 Å². The van der Waals surface area contributed by atoms with E-state index in [2.05, 4.69) is 15.1 Å². The van der Waals surface area contributed by atoms with Gasteiger partial charge in [-0.3, -0.25) is 0 Å². The minimum Gasteiger partial charge on any atom is -0.394 e. The van der Waals surface area contributed by atoms with Crippen LogP contribution in [0.25, 0.3) is 11.0 Å². The van der Waals surface area contributed by atoms with Gasteiger partial charge in [0.25, 0.3) is 0 Å². The first kappa shape index (κ1) is 16.3. The molecular weight excluding hydrogens is 320 g/mol. The van der Waals surface area contributed by atoms with Crippen molar-refractivity contribution in [1.82, 2.24) is 19.7 Å². The van der Waals surface area contributed by atoms with Crippen molar-refractivity contribution in [2.45, 2.75) is 36.5 Å². The first-order valence-corrected chi connectivity index (χ1v) is 8.20. The molecule has 0 amide bonds. The molecule has 0 saturated carbocycles. The monoisotopic (exact) mass is 338 g/mol. The number of aliphatic hydroxyl groups is 3. The van der Waals surface area contributed by atoms with Crippen LogP contribution in [0.4, 0.5) is 0 Å². The number of aliphatic hydroxyl groups excluding tert-OH is 3. The molecule has 2 aromatic heterocycles. The number of nitrogens with zero attached hydrogens (tertiary/aromatic N) is 4. The first-order valence-electron chi connectivity index (χ1n) is 7.22. The van der Waals surface area contributed by atoms with E-state index in [1.165, 1.54) is 11.0 Å². The summed E-state index contributed by atoms with van der Waals surface area (Å²) >= 11 is 1.55. The largest absolute Gasteiger partial charge is 0.394 e. The van der Waals surface area contributed by atoms with Gasteiger partial charge >= 0.3 is 0 Å². The van der Waals surface area contributed by atoms with E-state index in [0.717, 1.165) is 16.2 Å². The predicted molar refractivity (Wildman–Crippen MR) is 83.9 cm³/mol. The van der Waals surface area contributed by atoms with Crippen LogP contribution in [0.1, 0.15) is 13.2 Å². The van der Waals surface area contributed by atoms with Crippen LogP contribution in [-0.4, -0.2) is 65.7 Å². The van der Waals surface area contributed by atoms with E-state index in [1.54, 1.807) is 18.0 Å². The Labute approximate surface area is 136 Å². The van der Waals surface area contributed by atoms with Gasteiger partial charge in [-0.15, -0.1) is 11.8 Å². The first-order chi connectivity index (χ1) is 11.2. The van der Waals surface area contributed by atoms with E-state index in [4.69, 9.17) is 4.74 Å². The number of aromatic nitrogens is 4. The average molecular weight is 338 g/mol. The zero-order valence-corrected chi connectivity index (χ0v) is 13.3. The Morgan fingerprint density at radius 3 is 2.87 bits per heavy atom. The zero-order chi connectivity index (χ0) is 16.4. The Morgan fingerprint density at radius 2 is 2.17 bits per heavy atom. The van der Waals surface area contributed by atoms with Crippen molar-refractivity contribution >= 4 is 22.8 Å². The summed E-state index contributed by atoms with van der Waals surface area (Å²) in [6.07, 6.45) is 2.92. The van der Waals surface area contributed by atoms with Crippen molar-refractivity contribution in [3.05, 3.63) is 24.7 Å². The maximum atomic E-state index is 10.1. The molecule has 1 aliphatic rings. The Balaban J connectivity index is 1.92. The summed E-state index contributed by atoms with van der Waals surface area (Å²) in [5, 5.41) is 34.9. The molecule has 23 heavy (non-hydrogen) atoms. The Hall–Kier alpha value is -1.52. The number of thioether (sulfide) groups is 1. The second kappa shape index (κ2) is 6.93. The Bertz CT molecular complexity index is 707. The molecule has 3 N–H and O–H groups in total. The van der Waals surface area contributed by atoms with Crippen molar-refractivity contribution < 1.29 is 20.1 Å². The molecule has 1 saturated heterocycles. The second-order valence-electron chi connectivity index (χ2n) is 5.11. The summed E-state index contributed by atoms with van der Waals surface area (Å²) in [6, 6.07) is 0. The van der Waals surface area contributed by atoms with Crippen LogP contribution in [0.15, 0.2) is 29.7 Å². The molecule has 0 bridgehead atoms. The van der Waals surface area contributed by atoms with Gasteiger partial charge in [-0.2, -0.15) is 5.10 Å². The maximum Gasteiger partial charge on any atom is 0.181 e. The van der Waals surface area contributed by atoms with E-state index in [9.17, 15) is 15.3 Å². The molecule has 4 atom stereocenters. The third-order valence-electron chi connectivity index (χ3n) is 3.66. The summed E-state index contributed by atoms with van der Waals surface area (Å²) in [5.74, 6) is 0.779. The summed E-state index contributed by atoms with van der Waals surface area (Å²) in [6.45, 7) is 1.57. The van der Waals surface area contributed by atoms with Crippen molar-refractivity contribution in [2.75, 3.05) is 12.4 Å². The number of hydrogen-bond donors (Lipinski definition) is 3. The Kier molecular flexibility index (Phi) is 4.93. The van der Waals surface area contributed by atoms with Crippen LogP contribution in [0, 0.1) is 0 Å². The highest BCUT2D eigenvalue weighted by molar-refractivity contribution is 7.99. The second-order valence-corrected chi connectivity index (χ2v) is 6.12. The van der Waals surface area contributed by atoms with Crippen molar-refractivity contribution in [2.24, 2.45) is 0 Å². The number of fused-ring (bicyclic) bond motifs is 1. The lowest BCUT2D eigenvalue weighted by molar-refractivity contribution is -0.0566. The van der Waals surface area contributed by atoms with E-state index in [-0.39, 0.29) is 6.61 Å². The van der Waals surface area contributed by atoms with Gasteiger partial charge in [0, 0.05) is 5.75 Å². The molecule has 3 heterocycles. The minimum absolute atomic E-state index is 0.382. The fourth-order valence-electron chi connectivity index (χ4n) is 2.45. The van der Waals surface area contributed by atoms with Crippen LogP contribution in [0.3, 0.4) is 0 Å². The topological polar surface area (TPSA) is 114 Å². The van der Waals surface area contributed by atoms with Crippen LogP contribution in [0.5, 0.6) is 0 Å². The predicted octanol–water partition coefficient (Wildman–Crippen LogP) is 0.106. The third kappa shape index (κ3) is 2.98. The summed E-state index contributed by atoms with van der Waals surface area (Å²) in [4.78, 5) is 8.46. The molecule has 0 radical (unpaired) electrons. The molecule has 1 unspecified atom stereocenters. The molecule has 0 spiro atoms. The lowest BCUT2D eigenvalue weighted by Crippen LogP contribution is -2.33. The molecule has 0 aromatic carbocycles. The van der Waals surface area contributed by atoms with Gasteiger partial charge < -0.3 is 20.1 Å². The van der Waals surface area contributed by atoms with Gasteiger partial charge in [0.1, 0.15) is 29.7 Å². The summed E-state index contributed by atoms with van der Waals surface area (Å²) in [7, 11) is 0. The standard InChI is InChI=1S/C14H18N4O4S/c1-2-3-4-23-13-8-5-17-18(12(8)15-7-16-13)14-11(21)10(20)9(6-19)22-14/h2-3,5,7,9-11,14,19-21H,4,6H2,1H3/b3-2+/t9-,10-,11-,14?/m1/s1. The third-order valence-corrected chi connectivity index (χ3v) is 4.62. The highest BCUT2D eigenvalue weighted by Gasteiger charge is 2.44. The summed E-state index contributed by atoms with van der Waals surface area (Å²) < 4.78 is 6.92. The van der Waals surface area contributed by atoms with E-state index < -0.39 is 24.5 Å². The fourth-order valence-corrected chi connectivity index (χ4v) is 3.32. The normalized spacial score (nSPS) is 28.2. The smallest absolute Gasteiger partial charge is 0.181 e. The lowest BCUT2D eigenvalue weighted by atomic mass is 10.1. The van der Waals surface area contributed by atoms with Crippen LogP contribution >= 0.6 is 11.8 Å². The fraction of sp³-hybridized carbons (Fsp3) is 0.500. The molecule has 2 aromatic rings. The van der Waals surface area contributed by atoms with E-state index in [0.29, 0.717) is 5.65 Å². The zero-order valence-electron chi connectivity index (χ0n) is 12.5. The average Bonchev–Trinajstić information content (AvgIpc) is 3.11. The number of hydrogen-bond acceptors (Lipinski definition) is 8. The Morgan fingerprint density at radius 1 is 1.35 bits per heavy atom. The van der Waals surface area contributed by atoms with E-state index in [1.807, 2.05) is 19.1 Å². The number of allylic oxidation sites excluding steroid dienone is 1. The SMILES string of the molecule is C/C=C/CSc1ncnc2c1cnn2C1O[C@H](CO)[C@@H](O)[C@H]1O. The van der Waals surface area contributed by atoms with Gasteiger partial charge in [-0.05, 0) is 6.92 Å². The highest BCUT2D eigenvalue weighted by Crippen LogP contribution is 2.32. The molecule has 3 rings (SSSR count). The molecule has 124 valence electrons. The van der Waals surface area contributed by atoms with Gasteiger partial charge in [-0.1, -0.05) is 12.2 Å². The molecule has 0 aliphatic carbocycles. The van der Waals surface area contributed by atoms with E-state index >= 15 is 0 Å². The highest BCUT2D eigenvalue weighted by atomic mass is 32.2. The molecule has 1 aliphatic heterocycles. The lowest BCUT2D eigenvalue weighted by Gasteiger charge is -2.15. The van der Waals surface area contributed by atoms with Gasteiger partial charge in [0.15, 0.2) is 11.9 Å². The van der Waals surface area contributed by atoms with Crippen LogP contribution in [0.2, 0.25) is 0 Å². The molecule has 1 fully saturated rings. The quantitative estimate of drug-likeness (QED) is 0.400. The number of ether oxygens (including phenoxy) is 1. The molecule has 9 heteroatoms. The van der Waals surface area contributed by atoms with Crippen molar-refractivity contribution in [3.8, 4) is 0 Å².